The molecule has 0 saturated heterocycles. The Balaban J connectivity index is 0.000000453. The van der Waals surface area contributed by atoms with Crippen molar-refractivity contribution in [2.45, 2.75) is 71.1 Å². The standard InChI is InChI=1S/C17H17N3.C14H17NO.C8H10BrN.C8H11N.C8H12O2.C3H2N2.BHNS/c1-20(2)17-8-6-13(7-9-17)14-4-3-5-15(10-14)16(11-18)12-19;1-15(2)13-8-6-11(7-9-13)12-4-3-5-14(16)10-12;1-10(2)8-5-3-7(9)4-6-8;1-9(2)8-6-4-3-5-7-8;1-2-10-8-5-3-4-7(9)6-8;4-2-1-3-5;1-2-3/h6-10H,3-5H2,1-2H3;6-10H,3-5H2,1-2H3;3-6H,1-2H3;3-7H,1-2H3;6H,2-5H2,1H3;1H2;3H. The van der Waals surface area contributed by atoms with E-state index in [1.54, 1.807) is 24.3 Å². The Bertz CT molecular complexity index is 2570. The third-order valence-corrected chi connectivity index (χ3v) is 11.3. The number of carbonyl (C=O) groups excluding carboxylic acids is 2. The normalized spacial score (nSPS) is 12.7. The number of benzene rings is 4. The van der Waals surface area contributed by atoms with Gasteiger partial charge in [0, 0.05) is 109 Å². The van der Waals surface area contributed by atoms with Crippen LogP contribution >= 0.6 is 28.7 Å². The molecule has 15 heteroatoms. The third kappa shape index (κ3) is 26.7. The van der Waals surface area contributed by atoms with Crippen molar-refractivity contribution in [2.75, 3.05) is 82.6 Å². The van der Waals surface area contributed by atoms with Gasteiger partial charge in [0.25, 0.3) is 0 Å². The van der Waals surface area contributed by atoms with E-state index in [0.29, 0.717) is 19.4 Å². The fraction of sp³-hybridized carbons (Fsp3) is 0.345. The molecule has 3 aliphatic carbocycles. The Labute approximate surface area is 451 Å². The molecule has 0 spiro atoms. The number of ketones is 2. The van der Waals surface area contributed by atoms with Crippen molar-refractivity contribution in [3.63, 3.8) is 0 Å². The van der Waals surface area contributed by atoms with Crippen molar-refractivity contribution in [1.82, 2.24) is 0 Å². The average Bonchev–Trinajstić information content (AvgIpc) is 3.39. The van der Waals surface area contributed by atoms with Gasteiger partial charge >= 0.3 is 24.8 Å². The fourth-order valence-corrected chi connectivity index (χ4v) is 7.21. The molecule has 4 aromatic rings. The number of allylic oxidation sites excluding steroid dienone is 8. The first-order valence-electron chi connectivity index (χ1n) is 23.8. The topological polar surface area (TPSA) is 164 Å². The molecular weight excluding hydrogens is 993 g/mol. The zero-order valence-corrected chi connectivity index (χ0v) is 46.5. The van der Waals surface area contributed by atoms with Crippen LogP contribution in [0.15, 0.2) is 147 Å². The van der Waals surface area contributed by atoms with E-state index in [1.807, 2.05) is 112 Å². The second-order valence-corrected chi connectivity index (χ2v) is 18.2. The van der Waals surface area contributed by atoms with Crippen LogP contribution in [0, 0.1) is 45.3 Å². The van der Waals surface area contributed by atoms with Crippen molar-refractivity contribution in [2.24, 2.45) is 4.30 Å². The molecule has 0 saturated carbocycles. The van der Waals surface area contributed by atoms with E-state index in [0.717, 1.165) is 66.4 Å². The second kappa shape index (κ2) is 37.6. The number of anilines is 4. The number of ether oxygens (including phenoxy) is 1. The molecule has 0 atom stereocenters. The molecule has 1 radical (unpaired) electrons. The van der Waals surface area contributed by atoms with Crippen molar-refractivity contribution < 1.29 is 14.3 Å². The van der Waals surface area contributed by atoms with Crippen LogP contribution in [0.1, 0.15) is 82.3 Å². The van der Waals surface area contributed by atoms with Crippen molar-refractivity contribution >= 4 is 81.8 Å². The number of nitrogens with zero attached hydrogens (tertiary/aromatic N) is 9. The van der Waals surface area contributed by atoms with E-state index in [-0.39, 0.29) is 23.6 Å². The summed E-state index contributed by atoms with van der Waals surface area (Å²) >= 11 is 6.57. The summed E-state index contributed by atoms with van der Waals surface area (Å²) in [7, 11) is 20.6. The predicted molar refractivity (Wildman–Crippen MR) is 309 cm³/mol. The molecular formula is C58H70BBrN9O3S. The Morgan fingerprint density at radius 2 is 0.959 bits per heavy atom. The van der Waals surface area contributed by atoms with Gasteiger partial charge in [-0.25, -0.2) is 0 Å². The van der Waals surface area contributed by atoms with E-state index < -0.39 is 0 Å². The molecule has 0 aromatic heterocycles. The maximum absolute atomic E-state index is 11.3. The summed E-state index contributed by atoms with van der Waals surface area (Å²) in [5, 5.41) is 33.1. The monoisotopic (exact) mass is 1060 g/mol. The first kappa shape index (κ1) is 63.9. The molecule has 0 amide bonds. The van der Waals surface area contributed by atoms with Gasteiger partial charge in [-0.3, -0.25) is 9.59 Å². The number of hydrogen-bond acceptors (Lipinski definition) is 13. The number of thiol groups is 1. The van der Waals surface area contributed by atoms with Gasteiger partial charge in [-0.1, -0.05) is 64.5 Å². The van der Waals surface area contributed by atoms with Crippen LogP contribution in [0.3, 0.4) is 0 Å². The summed E-state index contributed by atoms with van der Waals surface area (Å²) in [6, 6.07) is 42.5. The van der Waals surface area contributed by atoms with Gasteiger partial charge < -0.3 is 24.3 Å². The SMILES string of the molecule is CCOC1=CC(=O)CCC1.CN(C)c1ccc(Br)cc1.CN(C)c1ccc(C2=CC(=C(C#N)C#N)CCC2)cc1.CN(C)c1ccc(C2=CC(=O)CCC2)cc1.CN(C)c1ccccc1.N#CCC#N.[B]=NS. The van der Waals surface area contributed by atoms with Crippen LogP contribution in [-0.2, 0) is 14.3 Å². The zero-order valence-electron chi connectivity index (χ0n) is 44.0. The van der Waals surface area contributed by atoms with Gasteiger partial charge in [-0.2, -0.15) is 21.0 Å². The Kier molecular flexibility index (Phi) is 32.9. The van der Waals surface area contributed by atoms with Crippen LogP contribution in [0.25, 0.3) is 11.1 Å². The van der Waals surface area contributed by atoms with Gasteiger partial charge in [0.2, 0.25) is 0 Å². The maximum atomic E-state index is 11.3. The van der Waals surface area contributed by atoms with Gasteiger partial charge in [-0.15, -0.1) is 0 Å². The van der Waals surface area contributed by atoms with Gasteiger partial charge in [-0.05, 0) is 140 Å². The van der Waals surface area contributed by atoms with Gasteiger partial charge in [0.1, 0.15) is 24.1 Å². The van der Waals surface area contributed by atoms with Crippen LogP contribution in [0.5, 0.6) is 0 Å². The zero-order chi connectivity index (χ0) is 54.6. The quantitative estimate of drug-likeness (QED) is 0.101. The van der Waals surface area contributed by atoms with E-state index in [1.165, 1.54) is 39.3 Å². The number of para-hydroxylation sites is 1. The summed E-state index contributed by atoms with van der Waals surface area (Å²) < 4.78 is 9.01. The minimum atomic E-state index is 0. The van der Waals surface area contributed by atoms with Gasteiger partial charge in [0.15, 0.2) is 11.6 Å². The van der Waals surface area contributed by atoms with Gasteiger partial charge in [0.05, 0.1) is 24.5 Å². The van der Waals surface area contributed by atoms with E-state index in [2.05, 4.69) is 133 Å². The summed E-state index contributed by atoms with van der Waals surface area (Å²) in [6.07, 6.45) is 13.5. The van der Waals surface area contributed by atoms with Crippen LogP contribution < -0.4 is 19.6 Å². The molecule has 0 bridgehead atoms. The summed E-state index contributed by atoms with van der Waals surface area (Å²) in [5.41, 5.74) is 10.7. The molecule has 381 valence electrons. The molecule has 7 rings (SSSR count). The number of hydrogen-bond donors (Lipinski definition) is 1. The third-order valence-electron chi connectivity index (χ3n) is 10.8. The molecule has 12 nitrogen and oxygen atoms in total. The van der Waals surface area contributed by atoms with E-state index in [4.69, 9.17) is 25.8 Å². The summed E-state index contributed by atoms with van der Waals surface area (Å²) in [6.45, 7) is 2.60. The van der Waals surface area contributed by atoms with Crippen LogP contribution in [-0.4, -0.2) is 82.2 Å². The number of rotatable bonds is 8. The molecule has 0 unspecified atom stereocenters. The predicted octanol–water partition coefficient (Wildman–Crippen LogP) is 13.1. The molecule has 3 aliphatic rings. The Morgan fingerprint density at radius 1 is 0.575 bits per heavy atom. The molecule has 4 aromatic carbocycles. The first-order valence-corrected chi connectivity index (χ1v) is 25.0. The Morgan fingerprint density at radius 3 is 1.32 bits per heavy atom. The molecule has 0 aliphatic heterocycles. The summed E-state index contributed by atoms with van der Waals surface area (Å²) in [5.74, 6) is 1.33. The summed E-state index contributed by atoms with van der Waals surface area (Å²) in [4.78, 5) is 30.4. The molecule has 0 N–H and O–H groups in total. The first-order chi connectivity index (χ1) is 35.0. The van der Waals surface area contributed by atoms with Crippen molar-refractivity contribution in [1.29, 1.82) is 21.0 Å². The molecule has 0 heterocycles. The number of halogens is 1. The van der Waals surface area contributed by atoms with Crippen molar-refractivity contribution in [3.8, 4) is 24.3 Å². The minimum absolute atomic E-state index is 0. The van der Waals surface area contributed by atoms with E-state index in [9.17, 15) is 9.59 Å². The Hall–Kier alpha value is -7.17. The van der Waals surface area contributed by atoms with Crippen molar-refractivity contribution in [3.05, 3.63) is 154 Å². The van der Waals surface area contributed by atoms with Crippen LogP contribution in [0.4, 0.5) is 22.7 Å². The molecule has 73 heavy (non-hydrogen) atoms. The number of nitriles is 4. The van der Waals surface area contributed by atoms with Crippen LogP contribution in [0.2, 0.25) is 0 Å². The molecule has 0 fully saturated rings. The second-order valence-electron chi connectivity index (χ2n) is 17.1. The number of carbonyl (C=O) groups is 2. The fourth-order valence-electron chi connectivity index (χ4n) is 6.94. The average molecular weight is 1060 g/mol. The van der Waals surface area contributed by atoms with E-state index >= 15 is 0 Å².